The molecule has 0 amide bonds. The molecule has 0 heterocycles. The van der Waals surface area contributed by atoms with E-state index in [-0.39, 0.29) is 0 Å². The first-order valence-electron chi connectivity index (χ1n) is 4.15. The van der Waals surface area contributed by atoms with Crippen molar-refractivity contribution in [3.8, 4) is 0 Å². The maximum atomic E-state index is 12.5. The van der Waals surface area contributed by atoms with E-state index in [1.807, 2.05) is 0 Å². The van der Waals surface area contributed by atoms with Crippen molar-refractivity contribution in [1.82, 2.24) is 0 Å². The van der Waals surface area contributed by atoms with Crippen molar-refractivity contribution in [2.75, 3.05) is 0 Å². The van der Waals surface area contributed by atoms with Crippen molar-refractivity contribution in [2.24, 2.45) is 0 Å². The molecule has 0 saturated carbocycles. The number of hydrogen-bond acceptors (Lipinski definition) is 0. The lowest BCUT2D eigenvalue weighted by Crippen LogP contribution is -2.11. The van der Waals surface area contributed by atoms with Crippen molar-refractivity contribution in [1.29, 1.82) is 0 Å². The van der Waals surface area contributed by atoms with Gasteiger partial charge in [-0.2, -0.15) is 13.2 Å². The summed E-state index contributed by atoms with van der Waals surface area (Å²) in [6, 6.07) is 0. The second kappa shape index (κ2) is 8.36. The van der Waals surface area contributed by atoms with E-state index in [0.717, 1.165) is 6.08 Å². The van der Waals surface area contributed by atoms with Crippen LogP contribution < -0.4 is 0 Å². The maximum absolute atomic E-state index is 12.5. The third-order valence-corrected chi connectivity index (χ3v) is 1.08. The molecule has 0 aliphatic heterocycles. The van der Waals surface area contributed by atoms with E-state index in [9.17, 15) is 17.6 Å². The van der Waals surface area contributed by atoms with Crippen LogP contribution in [0.4, 0.5) is 17.6 Å². The first kappa shape index (κ1) is 17.6. The molecule has 0 N–H and O–H groups in total. The van der Waals surface area contributed by atoms with Crippen LogP contribution in [0.1, 0.15) is 6.92 Å². The van der Waals surface area contributed by atoms with Gasteiger partial charge in [0.2, 0.25) is 0 Å². The van der Waals surface area contributed by atoms with Crippen molar-refractivity contribution in [3.05, 3.63) is 36.2 Å². The summed E-state index contributed by atoms with van der Waals surface area (Å²) in [5.74, 6) is -1.36. The molecule has 16 heavy (non-hydrogen) atoms. The standard InChI is InChI=1S/C8H8F4.B4/c1-3-5-6(7(9)4-2)8(10,11)12;1-4(2)3/h3-5H,2H2,1H3;/b5-3+,7-6-;. The Hall–Kier alpha value is -0.800. The van der Waals surface area contributed by atoms with Gasteiger partial charge < -0.3 is 0 Å². The van der Waals surface area contributed by atoms with Crippen LogP contribution in [-0.4, -0.2) is 35.8 Å². The van der Waals surface area contributed by atoms with Crippen LogP contribution in [0.15, 0.2) is 36.2 Å². The highest BCUT2D eigenvalue weighted by Crippen LogP contribution is 2.30. The monoisotopic (exact) mass is 224 g/mol. The summed E-state index contributed by atoms with van der Waals surface area (Å²) < 4.78 is 48.3. The lowest BCUT2D eigenvalue weighted by Gasteiger charge is -2.06. The van der Waals surface area contributed by atoms with Gasteiger partial charge in [-0.1, -0.05) is 18.7 Å². The third kappa shape index (κ3) is 9.74. The molecular formula is C8H8B4F4. The minimum absolute atomic E-state index is 0.531. The zero-order valence-electron chi connectivity index (χ0n) is 8.76. The molecule has 0 unspecified atom stereocenters. The van der Waals surface area contributed by atoms with Crippen LogP contribution in [0, 0.1) is 0 Å². The summed E-state index contributed by atoms with van der Waals surface area (Å²) in [6.45, 7) is 4.29. The Morgan fingerprint density at radius 1 is 1.25 bits per heavy atom. The largest absolute Gasteiger partial charge is 0.419 e. The fraction of sp³-hybridized carbons (Fsp3) is 0.250. The van der Waals surface area contributed by atoms with Crippen molar-refractivity contribution < 1.29 is 17.6 Å². The zero-order valence-corrected chi connectivity index (χ0v) is 8.76. The molecule has 6 radical (unpaired) electrons. The Labute approximate surface area is 97.1 Å². The first-order valence-corrected chi connectivity index (χ1v) is 4.15. The predicted octanol–water partition coefficient (Wildman–Crippen LogP) is 2.01. The quantitative estimate of drug-likeness (QED) is 0.382. The van der Waals surface area contributed by atoms with Gasteiger partial charge in [-0.25, -0.2) is 4.39 Å². The molecular weight excluding hydrogens is 215 g/mol. The van der Waals surface area contributed by atoms with Gasteiger partial charge in [0.1, 0.15) is 5.83 Å². The summed E-state index contributed by atoms with van der Waals surface area (Å²) in [6.07, 6.45) is -3.02. The van der Waals surface area contributed by atoms with E-state index in [4.69, 9.17) is 0 Å². The van der Waals surface area contributed by atoms with Crippen LogP contribution in [0.2, 0.25) is 0 Å². The Bertz CT molecular complexity index is 265. The molecule has 80 valence electrons. The summed E-state index contributed by atoms with van der Waals surface area (Å²) >= 11 is 0. The van der Waals surface area contributed by atoms with E-state index < -0.39 is 24.0 Å². The van der Waals surface area contributed by atoms with Gasteiger partial charge in [0.05, 0.1) is 5.57 Å². The molecule has 0 bridgehead atoms. The number of rotatable bonds is 2. The minimum atomic E-state index is -4.66. The lowest BCUT2D eigenvalue weighted by atomic mass is 9.08. The molecule has 0 saturated heterocycles. The van der Waals surface area contributed by atoms with Gasteiger partial charge in [-0.05, 0) is 13.0 Å². The topological polar surface area (TPSA) is 0 Å². The highest BCUT2D eigenvalue weighted by atomic mass is 19.4. The normalized spacial score (nSPS) is 12.6. The number of alkyl halides is 3. The van der Waals surface area contributed by atoms with Crippen LogP contribution in [0.5, 0.6) is 0 Å². The predicted molar refractivity (Wildman–Crippen MR) is 62.2 cm³/mol. The number of hydrogen-bond donors (Lipinski definition) is 0. The highest BCUT2D eigenvalue weighted by molar-refractivity contribution is 7.49. The van der Waals surface area contributed by atoms with Crippen LogP contribution >= 0.6 is 0 Å². The average Bonchev–Trinajstić information content (AvgIpc) is 2.10. The van der Waals surface area contributed by atoms with Gasteiger partial charge in [-0.15, -0.1) is 0 Å². The zero-order chi connectivity index (χ0) is 13.4. The fourth-order valence-electron chi connectivity index (χ4n) is 0.586. The number of halogens is 4. The molecule has 0 aromatic rings. The third-order valence-electron chi connectivity index (χ3n) is 1.08. The Morgan fingerprint density at radius 2 is 1.62 bits per heavy atom. The molecule has 0 rings (SSSR count). The van der Waals surface area contributed by atoms with Gasteiger partial charge in [-0.3, -0.25) is 0 Å². The van der Waals surface area contributed by atoms with E-state index in [1.165, 1.54) is 6.92 Å². The van der Waals surface area contributed by atoms with E-state index in [2.05, 4.69) is 29.8 Å². The minimum Gasteiger partial charge on any atom is -0.206 e. The fourth-order valence-corrected chi connectivity index (χ4v) is 0.586. The van der Waals surface area contributed by atoms with Gasteiger partial charge in [0.25, 0.3) is 0 Å². The summed E-state index contributed by atoms with van der Waals surface area (Å²) in [4.78, 5) is 0. The Balaban J connectivity index is 0. The highest BCUT2D eigenvalue weighted by Gasteiger charge is 2.34. The molecule has 0 spiro atoms. The molecule has 0 aliphatic carbocycles. The van der Waals surface area contributed by atoms with Crippen LogP contribution in [0.25, 0.3) is 0 Å². The average molecular weight is 223 g/mol. The van der Waals surface area contributed by atoms with Gasteiger partial charge >= 0.3 is 6.18 Å². The van der Waals surface area contributed by atoms with Gasteiger partial charge in [0, 0.05) is 29.6 Å². The van der Waals surface area contributed by atoms with Crippen LogP contribution in [0.3, 0.4) is 0 Å². The van der Waals surface area contributed by atoms with E-state index in [1.54, 1.807) is 0 Å². The molecule has 0 aliphatic rings. The Morgan fingerprint density at radius 3 is 1.81 bits per heavy atom. The second-order valence-electron chi connectivity index (χ2n) is 2.54. The summed E-state index contributed by atoms with van der Waals surface area (Å²) in [7, 11) is 14.0. The summed E-state index contributed by atoms with van der Waals surface area (Å²) in [5.41, 5.74) is -1.31. The molecule has 8 heteroatoms. The van der Waals surface area contributed by atoms with Gasteiger partial charge in [0.15, 0.2) is 0 Å². The lowest BCUT2D eigenvalue weighted by molar-refractivity contribution is -0.0897. The number of allylic oxidation sites excluding steroid dienone is 5. The molecule has 0 fully saturated rings. The maximum Gasteiger partial charge on any atom is 0.419 e. The summed E-state index contributed by atoms with van der Waals surface area (Å²) in [5, 5.41) is 0. The van der Waals surface area contributed by atoms with E-state index >= 15 is 0 Å². The molecule has 0 nitrogen and oxygen atoms in total. The van der Waals surface area contributed by atoms with Crippen molar-refractivity contribution >= 4 is 29.6 Å². The van der Waals surface area contributed by atoms with Crippen molar-refractivity contribution in [3.63, 3.8) is 0 Å². The van der Waals surface area contributed by atoms with Crippen molar-refractivity contribution in [2.45, 2.75) is 13.1 Å². The van der Waals surface area contributed by atoms with Crippen LogP contribution in [-0.2, 0) is 0 Å². The molecule has 0 atom stereocenters. The molecule has 0 aromatic heterocycles. The second-order valence-corrected chi connectivity index (χ2v) is 2.54. The smallest absolute Gasteiger partial charge is 0.206 e. The SMILES string of the molecule is C=C/C(F)=C(\C=C\C)C(F)(F)F.[B]B([B])[B]. The van der Waals surface area contributed by atoms with E-state index in [0.29, 0.717) is 12.2 Å². The Kier molecular flexibility index (Phi) is 9.19. The first-order chi connectivity index (χ1) is 7.16. The molecule has 0 aromatic carbocycles.